The molecule has 0 bridgehead atoms. The van der Waals surface area contributed by atoms with Crippen LogP contribution in [-0.4, -0.2) is 44.2 Å². The van der Waals surface area contributed by atoms with Gasteiger partial charge in [-0.15, -0.1) is 0 Å². The highest BCUT2D eigenvalue weighted by Gasteiger charge is 2.19. The summed E-state index contributed by atoms with van der Waals surface area (Å²) < 4.78 is 11.2. The van der Waals surface area contributed by atoms with Crippen LogP contribution < -0.4 is 10.5 Å². The van der Waals surface area contributed by atoms with Crippen LogP contribution in [0.4, 0.5) is 5.69 Å². The normalized spacial score (nSPS) is 12.0. The van der Waals surface area contributed by atoms with E-state index in [1.165, 1.54) is 5.56 Å². The molecule has 0 saturated carbocycles. The lowest BCUT2D eigenvalue weighted by molar-refractivity contribution is 0.0396. The number of benzene rings is 2. The Morgan fingerprint density at radius 2 is 1.88 bits per heavy atom. The van der Waals surface area contributed by atoms with E-state index >= 15 is 0 Å². The zero-order valence-corrected chi connectivity index (χ0v) is 15.8. The molecule has 0 fully saturated rings. The minimum atomic E-state index is -0.393. The molecule has 5 heteroatoms. The van der Waals surface area contributed by atoms with Crippen LogP contribution in [0.15, 0.2) is 48.5 Å². The first kappa shape index (κ1) is 19.8. The van der Waals surface area contributed by atoms with Gasteiger partial charge in [-0.3, -0.25) is 0 Å². The number of nitrogens with zero attached hydrogens (tertiary/aromatic N) is 1. The number of hydrogen-bond acceptors (Lipinski definition) is 5. The average Bonchev–Trinajstić information content (AvgIpc) is 2.63. The summed E-state index contributed by atoms with van der Waals surface area (Å²) in [7, 11) is 3.97. The molecule has 2 aromatic carbocycles. The van der Waals surface area contributed by atoms with Gasteiger partial charge in [-0.05, 0) is 44.6 Å². The van der Waals surface area contributed by atoms with Gasteiger partial charge >= 0.3 is 5.97 Å². The number of esters is 1. The van der Waals surface area contributed by atoms with Crippen LogP contribution >= 0.6 is 0 Å². The maximum atomic E-state index is 12.6. The molecule has 0 radical (unpaired) electrons. The van der Waals surface area contributed by atoms with Crippen LogP contribution in [0.3, 0.4) is 0 Å². The van der Waals surface area contributed by atoms with Gasteiger partial charge in [-0.1, -0.05) is 37.3 Å². The fourth-order valence-electron chi connectivity index (χ4n) is 2.57. The predicted octanol–water partition coefficient (Wildman–Crippen LogP) is 3.39. The van der Waals surface area contributed by atoms with Crippen molar-refractivity contribution >= 4 is 11.7 Å². The lowest BCUT2D eigenvalue weighted by Gasteiger charge is -2.24. The van der Waals surface area contributed by atoms with Crippen molar-refractivity contribution in [2.75, 3.05) is 33.0 Å². The van der Waals surface area contributed by atoms with E-state index in [2.05, 4.69) is 17.0 Å². The minimum Gasteiger partial charge on any atom is -0.493 e. The van der Waals surface area contributed by atoms with E-state index in [9.17, 15) is 4.79 Å². The molecule has 140 valence electrons. The lowest BCUT2D eigenvalue weighted by Crippen LogP contribution is -2.35. The van der Waals surface area contributed by atoms with Crippen molar-refractivity contribution < 1.29 is 14.3 Å². The van der Waals surface area contributed by atoms with E-state index in [0.29, 0.717) is 30.2 Å². The molecule has 0 aromatic heterocycles. The van der Waals surface area contributed by atoms with Crippen molar-refractivity contribution in [1.29, 1.82) is 0 Å². The third-order valence-electron chi connectivity index (χ3n) is 4.14. The van der Waals surface area contributed by atoms with Crippen molar-refractivity contribution in [3.63, 3.8) is 0 Å². The zero-order valence-electron chi connectivity index (χ0n) is 15.8. The lowest BCUT2D eigenvalue weighted by atomic mass is 10.1. The SMILES string of the molecule is CCCOc1cc(N)ccc1C(=O)OC[C@@H](Cc1ccccc1)N(C)C. The molecule has 0 unspecified atom stereocenters. The average molecular weight is 356 g/mol. The number of ether oxygens (including phenoxy) is 2. The van der Waals surface area contributed by atoms with Crippen LogP contribution in [0.2, 0.25) is 0 Å². The summed E-state index contributed by atoms with van der Waals surface area (Å²) in [6.45, 7) is 2.84. The molecule has 1 atom stereocenters. The molecule has 0 aliphatic rings. The Morgan fingerprint density at radius 1 is 1.15 bits per heavy atom. The smallest absolute Gasteiger partial charge is 0.341 e. The fourth-order valence-corrected chi connectivity index (χ4v) is 2.57. The molecule has 0 spiro atoms. The van der Waals surface area contributed by atoms with E-state index in [0.717, 1.165) is 12.8 Å². The molecule has 2 N–H and O–H groups in total. The van der Waals surface area contributed by atoms with Gasteiger partial charge in [0.25, 0.3) is 0 Å². The summed E-state index contributed by atoms with van der Waals surface area (Å²) in [5, 5.41) is 0. The van der Waals surface area contributed by atoms with Crippen LogP contribution in [-0.2, 0) is 11.2 Å². The van der Waals surface area contributed by atoms with Gasteiger partial charge in [0.1, 0.15) is 17.9 Å². The molecular formula is C21H28N2O3. The molecule has 0 amide bonds. The van der Waals surface area contributed by atoms with Crippen LogP contribution in [0.5, 0.6) is 5.75 Å². The molecule has 0 heterocycles. The number of likely N-dealkylation sites (N-methyl/N-ethyl adjacent to an activating group) is 1. The van der Waals surface area contributed by atoms with Gasteiger partial charge < -0.3 is 20.1 Å². The number of carbonyl (C=O) groups is 1. The number of hydrogen-bond donors (Lipinski definition) is 1. The van der Waals surface area contributed by atoms with Gasteiger partial charge in [-0.2, -0.15) is 0 Å². The second-order valence-electron chi connectivity index (χ2n) is 6.51. The van der Waals surface area contributed by atoms with E-state index in [4.69, 9.17) is 15.2 Å². The van der Waals surface area contributed by atoms with Crippen molar-refractivity contribution in [2.24, 2.45) is 0 Å². The molecule has 26 heavy (non-hydrogen) atoms. The van der Waals surface area contributed by atoms with Crippen LogP contribution in [0.25, 0.3) is 0 Å². The molecule has 2 aromatic rings. The monoisotopic (exact) mass is 356 g/mol. The second kappa shape index (κ2) is 9.82. The van der Waals surface area contributed by atoms with Crippen LogP contribution in [0, 0.1) is 0 Å². The summed E-state index contributed by atoms with van der Waals surface area (Å²) in [5.74, 6) is 0.0809. The van der Waals surface area contributed by atoms with E-state index < -0.39 is 5.97 Å². The summed E-state index contributed by atoms with van der Waals surface area (Å²) in [6, 6.07) is 15.3. The maximum Gasteiger partial charge on any atom is 0.341 e. The van der Waals surface area contributed by atoms with E-state index in [1.54, 1.807) is 18.2 Å². The van der Waals surface area contributed by atoms with Gasteiger partial charge in [0.2, 0.25) is 0 Å². The Bertz CT molecular complexity index is 702. The second-order valence-corrected chi connectivity index (χ2v) is 6.51. The molecular weight excluding hydrogens is 328 g/mol. The molecule has 0 aliphatic carbocycles. The summed E-state index contributed by atoms with van der Waals surface area (Å²) in [4.78, 5) is 14.6. The topological polar surface area (TPSA) is 64.8 Å². The van der Waals surface area contributed by atoms with E-state index in [1.807, 2.05) is 39.2 Å². The highest BCUT2D eigenvalue weighted by atomic mass is 16.5. The summed E-state index contributed by atoms with van der Waals surface area (Å²) in [5.41, 5.74) is 7.98. The Kier molecular flexibility index (Phi) is 7.48. The molecule has 2 rings (SSSR count). The first-order chi connectivity index (χ1) is 12.5. The van der Waals surface area contributed by atoms with Crippen molar-refractivity contribution in [2.45, 2.75) is 25.8 Å². The third kappa shape index (κ3) is 5.77. The first-order valence-electron chi connectivity index (χ1n) is 8.91. The third-order valence-corrected chi connectivity index (χ3v) is 4.14. The standard InChI is InChI=1S/C21H28N2O3/c1-4-12-25-20-14-17(22)10-11-19(20)21(24)26-15-18(23(2)3)13-16-8-6-5-7-9-16/h5-11,14,18H,4,12-13,15,22H2,1-3H3/t18-/m1/s1. The molecule has 5 nitrogen and oxygen atoms in total. The Hall–Kier alpha value is -2.53. The highest BCUT2D eigenvalue weighted by Crippen LogP contribution is 2.23. The largest absolute Gasteiger partial charge is 0.493 e. The number of rotatable bonds is 9. The maximum absolute atomic E-state index is 12.6. The fraction of sp³-hybridized carbons (Fsp3) is 0.381. The Balaban J connectivity index is 2.03. The number of nitrogens with two attached hydrogens (primary N) is 1. The summed E-state index contributed by atoms with van der Waals surface area (Å²) in [6.07, 6.45) is 1.66. The molecule has 0 saturated heterocycles. The van der Waals surface area contributed by atoms with Crippen molar-refractivity contribution in [3.8, 4) is 5.75 Å². The highest BCUT2D eigenvalue weighted by molar-refractivity contribution is 5.93. The minimum absolute atomic E-state index is 0.0927. The number of nitrogen functional groups attached to an aromatic ring is 1. The van der Waals surface area contributed by atoms with Gasteiger partial charge in [0, 0.05) is 17.8 Å². The number of anilines is 1. The molecule has 0 aliphatic heterocycles. The summed E-state index contributed by atoms with van der Waals surface area (Å²) >= 11 is 0. The van der Waals surface area contributed by atoms with Crippen molar-refractivity contribution in [1.82, 2.24) is 4.90 Å². The quantitative estimate of drug-likeness (QED) is 0.551. The Morgan fingerprint density at radius 3 is 2.54 bits per heavy atom. The van der Waals surface area contributed by atoms with Gasteiger partial charge in [0.15, 0.2) is 0 Å². The first-order valence-corrected chi connectivity index (χ1v) is 8.91. The van der Waals surface area contributed by atoms with Gasteiger partial charge in [-0.25, -0.2) is 4.79 Å². The number of carbonyl (C=O) groups excluding carboxylic acids is 1. The Labute approximate surface area is 155 Å². The van der Waals surface area contributed by atoms with Crippen molar-refractivity contribution in [3.05, 3.63) is 59.7 Å². The predicted molar refractivity (Wildman–Crippen MR) is 105 cm³/mol. The van der Waals surface area contributed by atoms with Gasteiger partial charge in [0.05, 0.1) is 6.61 Å². The van der Waals surface area contributed by atoms with E-state index in [-0.39, 0.29) is 6.04 Å². The van der Waals surface area contributed by atoms with Crippen LogP contribution in [0.1, 0.15) is 29.3 Å². The zero-order chi connectivity index (χ0) is 18.9.